The van der Waals surface area contributed by atoms with E-state index in [9.17, 15) is 14.0 Å². The van der Waals surface area contributed by atoms with Gasteiger partial charge in [-0.2, -0.15) is 0 Å². The van der Waals surface area contributed by atoms with Gasteiger partial charge >= 0.3 is 5.97 Å². The van der Waals surface area contributed by atoms with Gasteiger partial charge in [-0.3, -0.25) is 9.59 Å². The van der Waals surface area contributed by atoms with Crippen molar-refractivity contribution in [3.8, 4) is 0 Å². The molecule has 0 saturated heterocycles. The molecule has 1 amide bonds. The number of rotatable bonds is 9. The minimum atomic E-state index is -0.753. The maximum Gasteiger partial charge on any atom is 0.303 e. The lowest BCUT2D eigenvalue weighted by Crippen LogP contribution is -2.24. The fourth-order valence-electron chi connectivity index (χ4n) is 2.02. The molecule has 1 aromatic carbocycles. The highest BCUT2D eigenvalue weighted by molar-refractivity contribution is 5.94. The fraction of sp³-hybridized carbons (Fsp3) is 0.500. The first-order chi connectivity index (χ1) is 10.0. The number of carboxylic acids is 1. The third-order valence-corrected chi connectivity index (χ3v) is 3.27. The lowest BCUT2D eigenvalue weighted by molar-refractivity contribution is -0.137. The Morgan fingerprint density at radius 2 is 1.81 bits per heavy atom. The van der Waals surface area contributed by atoms with Crippen LogP contribution in [-0.2, 0) is 4.79 Å². The van der Waals surface area contributed by atoms with Gasteiger partial charge in [0.05, 0.1) is 0 Å². The molecule has 5 heteroatoms. The molecule has 0 atom stereocenters. The molecule has 0 fully saturated rings. The van der Waals surface area contributed by atoms with Gasteiger partial charge in [0.1, 0.15) is 5.82 Å². The summed E-state index contributed by atoms with van der Waals surface area (Å²) >= 11 is 0. The molecule has 4 nitrogen and oxygen atoms in total. The van der Waals surface area contributed by atoms with Crippen LogP contribution in [0, 0.1) is 12.7 Å². The second-order valence-electron chi connectivity index (χ2n) is 5.13. The third kappa shape index (κ3) is 6.88. The first-order valence-electron chi connectivity index (χ1n) is 7.27. The van der Waals surface area contributed by atoms with Crippen LogP contribution in [-0.4, -0.2) is 23.5 Å². The number of unbranched alkanes of at least 4 members (excludes halogenated alkanes) is 4. The Labute approximate surface area is 124 Å². The van der Waals surface area contributed by atoms with Crippen LogP contribution in [0.1, 0.15) is 54.4 Å². The highest BCUT2D eigenvalue weighted by Crippen LogP contribution is 2.09. The van der Waals surface area contributed by atoms with Crippen molar-refractivity contribution in [3.05, 3.63) is 35.1 Å². The van der Waals surface area contributed by atoms with Crippen LogP contribution in [0.25, 0.3) is 0 Å². The number of halogens is 1. The molecule has 0 bridgehead atoms. The SMILES string of the molecule is Cc1cc(C(=O)NCCCCCCCC(=O)O)ccc1F. The molecule has 1 aromatic rings. The Morgan fingerprint density at radius 3 is 2.48 bits per heavy atom. The second-order valence-corrected chi connectivity index (χ2v) is 5.13. The Bertz CT molecular complexity index is 488. The minimum absolute atomic E-state index is 0.191. The van der Waals surface area contributed by atoms with Gasteiger partial charge in [-0.15, -0.1) is 0 Å². The van der Waals surface area contributed by atoms with Crippen molar-refractivity contribution in [1.29, 1.82) is 0 Å². The lowest BCUT2D eigenvalue weighted by Gasteiger charge is -2.06. The smallest absolute Gasteiger partial charge is 0.303 e. The first-order valence-corrected chi connectivity index (χ1v) is 7.27. The molecule has 0 saturated carbocycles. The summed E-state index contributed by atoms with van der Waals surface area (Å²) in [4.78, 5) is 22.1. The second kappa shape index (κ2) is 9.10. The van der Waals surface area contributed by atoms with Crippen LogP contribution in [0.3, 0.4) is 0 Å². The number of carbonyl (C=O) groups is 2. The topological polar surface area (TPSA) is 66.4 Å². The van der Waals surface area contributed by atoms with Gasteiger partial charge < -0.3 is 10.4 Å². The summed E-state index contributed by atoms with van der Waals surface area (Å²) in [5, 5.41) is 11.3. The summed E-state index contributed by atoms with van der Waals surface area (Å²) in [6, 6.07) is 4.31. The molecule has 0 aromatic heterocycles. The zero-order valence-electron chi connectivity index (χ0n) is 12.3. The summed E-state index contributed by atoms with van der Waals surface area (Å²) in [5.74, 6) is -1.26. The van der Waals surface area contributed by atoms with E-state index in [2.05, 4.69) is 5.32 Å². The molecule has 21 heavy (non-hydrogen) atoms. The Balaban J connectivity index is 2.13. The average Bonchev–Trinajstić information content (AvgIpc) is 2.44. The van der Waals surface area contributed by atoms with Gasteiger partial charge in [-0.1, -0.05) is 19.3 Å². The van der Waals surface area contributed by atoms with Crippen molar-refractivity contribution in [2.45, 2.75) is 45.4 Å². The monoisotopic (exact) mass is 295 g/mol. The van der Waals surface area contributed by atoms with E-state index in [1.165, 1.54) is 18.2 Å². The highest BCUT2D eigenvalue weighted by atomic mass is 19.1. The van der Waals surface area contributed by atoms with Gasteiger partial charge in [0.25, 0.3) is 5.91 Å². The van der Waals surface area contributed by atoms with E-state index in [4.69, 9.17) is 5.11 Å². The van der Waals surface area contributed by atoms with Crippen molar-refractivity contribution in [1.82, 2.24) is 5.32 Å². The molecule has 116 valence electrons. The van der Waals surface area contributed by atoms with Crippen molar-refractivity contribution in [2.24, 2.45) is 0 Å². The molecule has 0 aliphatic heterocycles. The van der Waals surface area contributed by atoms with E-state index < -0.39 is 5.97 Å². The number of nitrogens with one attached hydrogen (secondary N) is 1. The van der Waals surface area contributed by atoms with Gasteiger partial charge in [0.15, 0.2) is 0 Å². The molecular weight excluding hydrogens is 273 g/mol. The number of benzene rings is 1. The van der Waals surface area contributed by atoms with Crippen LogP contribution in [0.2, 0.25) is 0 Å². The van der Waals surface area contributed by atoms with Gasteiger partial charge in [-0.05, 0) is 43.5 Å². The largest absolute Gasteiger partial charge is 0.481 e. The Kier molecular flexibility index (Phi) is 7.43. The number of hydrogen-bond acceptors (Lipinski definition) is 2. The predicted octanol–water partition coefficient (Wildman–Crippen LogP) is 3.29. The molecular formula is C16H22FNO3. The average molecular weight is 295 g/mol. The quantitative estimate of drug-likeness (QED) is 0.687. The Morgan fingerprint density at radius 1 is 1.14 bits per heavy atom. The molecule has 0 unspecified atom stereocenters. The van der Waals surface area contributed by atoms with Crippen LogP contribution in [0.15, 0.2) is 18.2 Å². The molecule has 0 aliphatic rings. The van der Waals surface area contributed by atoms with E-state index in [0.29, 0.717) is 24.1 Å². The third-order valence-electron chi connectivity index (χ3n) is 3.27. The summed E-state index contributed by atoms with van der Waals surface area (Å²) in [6.45, 7) is 2.21. The number of aryl methyl sites for hydroxylation is 1. The molecule has 2 N–H and O–H groups in total. The minimum Gasteiger partial charge on any atom is -0.481 e. The molecule has 0 heterocycles. The normalized spacial score (nSPS) is 10.4. The van der Waals surface area contributed by atoms with Crippen molar-refractivity contribution in [3.63, 3.8) is 0 Å². The Hall–Kier alpha value is -1.91. The molecule has 1 rings (SSSR count). The molecule has 0 aliphatic carbocycles. The van der Waals surface area contributed by atoms with Gasteiger partial charge in [-0.25, -0.2) is 4.39 Å². The first kappa shape index (κ1) is 17.1. The van der Waals surface area contributed by atoms with E-state index >= 15 is 0 Å². The standard InChI is InChI=1S/C16H22FNO3/c1-12-11-13(8-9-14(12)17)16(21)18-10-6-4-2-3-5-7-15(19)20/h8-9,11H,2-7,10H2,1H3,(H,18,21)(H,19,20). The number of aliphatic carboxylic acids is 1. The number of amides is 1. The lowest BCUT2D eigenvalue weighted by atomic mass is 10.1. The van der Waals surface area contributed by atoms with E-state index in [1.54, 1.807) is 6.92 Å². The number of hydrogen-bond donors (Lipinski definition) is 2. The zero-order valence-corrected chi connectivity index (χ0v) is 12.3. The number of carboxylic acid groups (broad SMARTS) is 1. The fourth-order valence-corrected chi connectivity index (χ4v) is 2.02. The summed E-state index contributed by atoms with van der Waals surface area (Å²) in [5.41, 5.74) is 0.927. The summed E-state index contributed by atoms with van der Waals surface area (Å²) in [7, 11) is 0. The van der Waals surface area contributed by atoms with Crippen LogP contribution >= 0.6 is 0 Å². The molecule has 0 radical (unpaired) electrons. The molecule has 0 spiro atoms. The van der Waals surface area contributed by atoms with Crippen molar-refractivity contribution in [2.75, 3.05) is 6.54 Å². The summed E-state index contributed by atoms with van der Waals surface area (Å²) in [6.07, 6.45) is 4.62. The zero-order chi connectivity index (χ0) is 15.7. The van der Waals surface area contributed by atoms with E-state index in [1.807, 2.05) is 0 Å². The highest BCUT2D eigenvalue weighted by Gasteiger charge is 2.06. The number of carbonyl (C=O) groups excluding carboxylic acids is 1. The maximum absolute atomic E-state index is 13.1. The maximum atomic E-state index is 13.1. The predicted molar refractivity (Wildman–Crippen MR) is 78.8 cm³/mol. The van der Waals surface area contributed by atoms with Crippen molar-refractivity contribution < 1.29 is 19.1 Å². The van der Waals surface area contributed by atoms with E-state index in [0.717, 1.165) is 25.7 Å². The van der Waals surface area contributed by atoms with Crippen LogP contribution in [0.5, 0.6) is 0 Å². The summed E-state index contributed by atoms with van der Waals surface area (Å²) < 4.78 is 13.1. The van der Waals surface area contributed by atoms with Crippen LogP contribution < -0.4 is 5.32 Å². The van der Waals surface area contributed by atoms with Gasteiger partial charge in [0, 0.05) is 18.5 Å². The van der Waals surface area contributed by atoms with E-state index in [-0.39, 0.29) is 18.1 Å². The van der Waals surface area contributed by atoms with Crippen molar-refractivity contribution >= 4 is 11.9 Å². The van der Waals surface area contributed by atoms with Crippen LogP contribution in [0.4, 0.5) is 4.39 Å². The van der Waals surface area contributed by atoms with Gasteiger partial charge in [0.2, 0.25) is 0 Å².